The molecule has 0 aliphatic carbocycles. The molecular formula is C26H28N6O6. The van der Waals surface area contributed by atoms with Gasteiger partial charge in [-0.1, -0.05) is 24.3 Å². The number of H-pyrrole nitrogens is 1. The maximum atomic E-state index is 13.4. The van der Waals surface area contributed by atoms with Gasteiger partial charge in [0.05, 0.1) is 6.61 Å². The number of aromatic amines is 1. The number of rotatable bonds is 4. The van der Waals surface area contributed by atoms with E-state index >= 15 is 0 Å². The van der Waals surface area contributed by atoms with E-state index in [1.807, 2.05) is 12.1 Å². The monoisotopic (exact) mass is 520 g/mol. The fraction of sp³-hybridized carbons (Fsp3) is 0.385. The van der Waals surface area contributed by atoms with Crippen molar-refractivity contribution in [3.05, 3.63) is 62.8 Å². The lowest BCUT2D eigenvalue weighted by molar-refractivity contribution is 0.0186. The number of hydrogen-bond donors (Lipinski definition) is 2. The number of aliphatic hydroxyl groups is 1. The lowest BCUT2D eigenvalue weighted by Crippen LogP contribution is -2.46. The Morgan fingerprint density at radius 2 is 1.76 bits per heavy atom. The van der Waals surface area contributed by atoms with Crippen LogP contribution in [0, 0.1) is 0 Å². The van der Waals surface area contributed by atoms with Crippen molar-refractivity contribution < 1.29 is 19.1 Å². The van der Waals surface area contributed by atoms with Gasteiger partial charge in [-0.3, -0.25) is 14.3 Å². The molecule has 0 saturated carbocycles. The Morgan fingerprint density at radius 1 is 1.08 bits per heavy atom. The third-order valence-electron chi connectivity index (χ3n) is 6.28. The largest absolute Gasteiger partial charge is 0.453 e. The molecule has 5 rings (SSSR count). The highest BCUT2D eigenvalue weighted by atomic mass is 16.6. The first-order valence-corrected chi connectivity index (χ1v) is 12.3. The van der Waals surface area contributed by atoms with Gasteiger partial charge in [-0.2, -0.15) is 0 Å². The molecule has 0 unspecified atom stereocenters. The molecule has 12 nitrogen and oxygen atoms in total. The number of amides is 1. The molecular weight excluding hydrogens is 492 g/mol. The highest BCUT2D eigenvalue weighted by Crippen LogP contribution is 2.27. The summed E-state index contributed by atoms with van der Waals surface area (Å²) in [7, 11) is 0. The average Bonchev–Trinajstić information content (AvgIpc) is 3.38. The van der Waals surface area contributed by atoms with E-state index in [0.717, 1.165) is 15.7 Å². The molecule has 3 aromatic heterocycles. The first-order valence-electron chi connectivity index (χ1n) is 12.3. The Morgan fingerprint density at radius 3 is 2.42 bits per heavy atom. The van der Waals surface area contributed by atoms with Gasteiger partial charge in [-0.15, -0.1) is 10.2 Å². The summed E-state index contributed by atoms with van der Waals surface area (Å²) in [6.45, 7) is 6.05. The van der Waals surface area contributed by atoms with Crippen LogP contribution in [-0.2, 0) is 11.3 Å². The number of piperidine rings is 1. The number of nitrogens with one attached hydrogen (secondary N) is 1. The number of hydrogen-bond acceptors (Lipinski definition) is 9. The SMILES string of the molecule is CC(C)(C)OC(=O)N1CCC(n2c(=O)[nH]c3nnc(-c4ccc(-c5ccc(CO)cc5)o4)nc3c2=O)CC1. The zero-order valence-corrected chi connectivity index (χ0v) is 21.3. The van der Waals surface area contributed by atoms with Crippen LogP contribution in [0.2, 0.25) is 0 Å². The zero-order valence-electron chi connectivity index (χ0n) is 21.3. The van der Waals surface area contributed by atoms with Gasteiger partial charge >= 0.3 is 11.8 Å². The third-order valence-corrected chi connectivity index (χ3v) is 6.28. The van der Waals surface area contributed by atoms with Crippen LogP contribution in [-0.4, -0.2) is 59.5 Å². The topological polar surface area (TPSA) is 156 Å². The van der Waals surface area contributed by atoms with Crippen LogP contribution >= 0.6 is 0 Å². The van der Waals surface area contributed by atoms with Crippen molar-refractivity contribution in [3.63, 3.8) is 0 Å². The summed E-state index contributed by atoms with van der Waals surface area (Å²) >= 11 is 0. The smallest absolute Gasteiger partial charge is 0.410 e. The fourth-order valence-electron chi connectivity index (χ4n) is 4.38. The molecule has 0 spiro atoms. The number of carbonyl (C=O) groups excluding carboxylic acids is 1. The van der Waals surface area contributed by atoms with Crippen LogP contribution in [0.25, 0.3) is 34.1 Å². The number of fused-ring (bicyclic) bond motifs is 1. The van der Waals surface area contributed by atoms with Crippen molar-refractivity contribution in [2.75, 3.05) is 13.1 Å². The van der Waals surface area contributed by atoms with Crippen LogP contribution in [0.15, 0.2) is 50.4 Å². The Hall–Kier alpha value is -4.32. The number of likely N-dealkylation sites (tertiary alicyclic amines) is 1. The Labute approximate surface area is 216 Å². The van der Waals surface area contributed by atoms with Gasteiger partial charge in [0.1, 0.15) is 11.4 Å². The number of nitrogens with zero attached hydrogens (tertiary/aromatic N) is 5. The maximum absolute atomic E-state index is 13.4. The van der Waals surface area contributed by atoms with Crippen molar-refractivity contribution in [2.24, 2.45) is 0 Å². The maximum Gasteiger partial charge on any atom is 0.410 e. The van der Waals surface area contributed by atoms with Crippen molar-refractivity contribution in [2.45, 2.75) is 51.9 Å². The zero-order chi connectivity index (χ0) is 27.0. The number of furan rings is 1. The first-order chi connectivity index (χ1) is 18.1. The minimum absolute atomic E-state index is 0.0161. The summed E-state index contributed by atoms with van der Waals surface area (Å²) in [6.07, 6.45) is 0.408. The molecule has 0 radical (unpaired) electrons. The van der Waals surface area contributed by atoms with Gasteiger partial charge < -0.3 is 19.2 Å². The van der Waals surface area contributed by atoms with Crippen molar-refractivity contribution in [3.8, 4) is 22.9 Å². The van der Waals surface area contributed by atoms with E-state index < -0.39 is 29.0 Å². The highest BCUT2D eigenvalue weighted by Gasteiger charge is 2.29. The van der Waals surface area contributed by atoms with E-state index in [1.54, 1.807) is 49.9 Å². The van der Waals surface area contributed by atoms with E-state index in [4.69, 9.17) is 9.15 Å². The van der Waals surface area contributed by atoms with Crippen molar-refractivity contribution in [1.29, 1.82) is 0 Å². The number of aromatic nitrogens is 5. The molecule has 4 aromatic rings. The second kappa shape index (κ2) is 9.86. The molecule has 198 valence electrons. The highest BCUT2D eigenvalue weighted by molar-refractivity contribution is 5.70. The number of carbonyl (C=O) groups is 1. The fourth-order valence-corrected chi connectivity index (χ4v) is 4.38. The van der Waals surface area contributed by atoms with E-state index in [1.165, 1.54) is 0 Å². The Kier molecular flexibility index (Phi) is 6.57. The normalized spacial score (nSPS) is 14.7. The summed E-state index contributed by atoms with van der Waals surface area (Å²) in [5.41, 5.74) is -0.262. The molecule has 1 aromatic carbocycles. The summed E-state index contributed by atoms with van der Waals surface area (Å²) < 4.78 is 12.5. The van der Waals surface area contributed by atoms with E-state index in [-0.39, 0.29) is 23.6 Å². The van der Waals surface area contributed by atoms with Crippen molar-refractivity contribution >= 4 is 17.3 Å². The molecule has 1 fully saturated rings. The van der Waals surface area contributed by atoms with Crippen LogP contribution < -0.4 is 11.2 Å². The van der Waals surface area contributed by atoms with Crippen LogP contribution in [0.3, 0.4) is 0 Å². The lowest BCUT2D eigenvalue weighted by Gasteiger charge is -2.33. The molecule has 1 aliphatic heterocycles. The molecule has 1 aliphatic rings. The quantitative estimate of drug-likeness (QED) is 0.413. The summed E-state index contributed by atoms with van der Waals surface area (Å²) in [5.74, 6) is 0.971. The predicted octanol–water partition coefficient (Wildman–Crippen LogP) is 2.87. The van der Waals surface area contributed by atoms with E-state index in [2.05, 4.69) is 20.2 Å². The second-order valence-electron chi connectivity index (χ2n) is 10.2. The first kappa shape index (κ1) is 25.3. The molecule has 0 atom stereocenters. The second-order valence-corrected chi connectivity index (χ2v) is 10.2. The van der Waals surface area contributed by atoms with Crippen LogP contribution in [0.1, 0.15) is 45.2 Å². The number of benzene rings is 1. The summed E-state index contributed by atoms with van der Waals surface area (Å²) in [6, 6.07) is 10.3. The molecule has 2 N–H and O–H groups in total. The van der Waals surface area contributed by atoms with Gasteiger partial charge in [-0.25, -0.2) is 14.6 Å². The summed E-state index contributed by atoms with van der Waals surface area (Å²) in [5, 5.41) is 17.3. The van der Waals surface area contributed by atoms with Crippen LogP contribution in [0.5, 0.6) is 0 Å². The molecule has 38 heavy (non-hydrogen) atoms. The minimum atomic E-state index is -0.607. The Balaban J connectivity index is 1.40. The van der Waals surface area contributed by atoms with Gasteiger partial charge in [0.2, 0.25) is 5.82 Å². The Bertz CT molecular complexity index is 1590. The van der Waals surface area contributed by atoms with Gasteiger partial charge in [0, 0.05) is 24.7 Å². The molecule has 0 bridgehead atoms. The van der Waals surface area contributed by atoms with E-state index in [9.17, 15) is 19.5 Å². The molecule has 12 heteroatoms. The van der Waals surface area contributed by atoms with Crippen molar-refractivity contribution in [1.82, 2.24) is 29.6 Å². The molecule has 1 saturated heterocycles. The predicted molar refractivity (Wildman–Crippen MR) is 137 cm³/mol. The molecule has 1 amide bonds. The van der Waals surface area contributed by atoms with Crippen LogP contribution in [0.4, 0.5) is 4.79 Å². The van der Waals surface area contributed by atoms with Gasteiger partial charge in [0.25, 0.3) is 5.56 Å². The summed E-state index contributed by atoms with van der Waals surface area (Å²) in [4.78, 5) is 47.1. The minimum Gasteiger partial charge on any atom is -0.453 e. The van der Waals surface area contributed by atoms with Gasteiger partial charge in [0.15, 0.2) is 16.9 Å². The average molecular weight is 521 g/mol. The van der Waals surface area contributed by atoms with E-state index in [0.29, 0.717) is 37.5 Å². The van der Waals surface area contributed by atoms with Gasteiger partial charge in [-0.05, 0) is 51.3 Å². The lowest BCUT2D eigenvalue weighted by atomic mass is 10.1. The molecule has 4 heterocycles. The third kappa shape index (κ3) is 5.07. The number of ether oxygens (including phenoxy) is 1. The number of aliphatic hydroxyl groups excluding tert-OH is 1. The standard InChI is InChI=1S/C26H28N6O6/c1-26(2,3)38-25(36)31-12-10-17(11-13-31)32-23(34)20-22(28-24(32)35)30-29-21(27-20)19-9-8-18(37-19)16-6-4-15(14-33)5-7-16/h4-9,17,33H,10-14H2,1-3H3,(H,28,30,35).